The highest BCUT2D eigenvalue weighted by molar-refractivity contribution is 5.99. The standard InChI is InChI=1S/C10H11FN2O2/c11-7-3-1-6(2-4-7)9(14)5-8(12)10(13)15/h1-4,8H,5,12H2,(H2,13,15). The maximum atomic E-state index is 12.5. The second-order valence-corrected chi connectivity index (χ2v) is 3.14. The molecule has 0 radical (unpaired) electrons. The van der Waals surface area contributed by atoms with Crippen LogP contribution in [0.25, 0.3) is 0 Å². The van der Waals surface area contributed by atoms with Gasteiger partial charge in [0, 0.05) is 12.0 Å². The largest absolute Gasteiger partial charge is 0.368 e. The summed E-state index contributed by atoms with van der Waals surface area (Å²) in [4.78, 5) is 22.1. The molecule has 4 nitrogen and oxygen atoms in total. The number of rotatable bonds is 4. The molecule has 1 amide bonds. The highest BCUT2D eigenvalue weighted by atomic mass is 19.1. The predicted octanol–water partition coefficient (Wildman–Crippen LogP) is 0.211. The van der Waals surface area contributed by atoms with E-state index in [0.29, 0.717) is 5.56 Å². The molecule has 0 heterocycles. The second kappa shape index (κ2) is 4.65. The van der Waals surface area contributed by atoms with Gasteiger partial charge in [-0.25, -0.2) is 4.39 Å². The van der Waals surface area contributed by atoms with E-state index >= 15 is 0 Å². The molecule has 0 bridgehead atoms. The van der Waals surface area contributed by atoms with E-state index in [0.717, 1.165) is 0 Å². The average Bonchev–Trinajstić information content (AvgIpc) is 2.18. The molecule has 80 valence electrons. The fourth-order valence-electron chi connectivity index (χ4n) is 1.05. The molecule has 5 heteroatoms. The summed E-state index contributed by atoms with van der Waals surface area (Å²) in [6.07, 6.45) is -0.166. The Labute approximate surface area is 86.1 Å². The van der Waals surface area contributed by atoms with Crippen LogP contribution in [0.5, 0.6) is 0 Å². The molecule has 1 atom stereocenters. The van der Waals surface area contributed by atoms with Gasteiger partial charge in [-0.2, -0.15) is 0 Å². The lowest BCUT2D eigenvalue weighted by Gasteiger charge is -2.05. The summed E-state index contributed by atoms with van der Waals surface area (Å²) < 4.78 is 12.5. The number of nitrogens with two attached hydrogens (primary N) is 2. The van der Waals surface area contributed by atoms with Crippen molar-refractivity contribution in [3.63, 3.8) is 0 Å². The van der Waals surface area contributed by atoms with Gasteiger partial charge in [0.2, 0.25) is 5.91 Å². The van der Waals surface area contributed by atoms with Crippen LogP contribution in [0.15, 0.2) is 24.3 Å². The van der Waals surface area contributed by atoms with Gasteiger partial charge < -0.3 is 11.5 Å². The number of hydrogen-bond donors (Lipinski definition) is 2. The Kier molecular flexibility index (Phi) is 3.51. The third-order valence-electron chi connectivity index (χ3n) is 1.94. The normalized spacial score (nSPS) is 12.1. The van der Waals surface area contributed by atoms with Crippen LogP contribution < -0.4 is 11.5 Å². The van der Waals surface area contributed by atoms with Crippen LogP contribution in [0.2, 0.25) is 0 Å². The van der Waals surface area contributed by atoms with Crippen molar-refractivity contribution < 1.29 is 14.0 Å². The predicted molar refractivity (Wildman–Crippen MR) is 52.5 cm³/mol. The first-order valence-electron chi connectivity index (χ1n) is 4.34. The van der Waals surface area contributed by atoms with Gasteiger partial charge >= 0.3 is 0 Å². The van der Waals surface area contributed by atoms with E-state index in [-0.39, 0.29) is 12.2 Å². The van der Waals surface area contributed by atoms with Gasteiger partial charge in [0.05, 0.1) is 6.04 Å². The molecule has 1 unspecified atom stereocenters. The number of Topliss-reactive ketones (excluding diaryl/α,β-unsaturated/α-hetero) is 1. The van der Waals surface area contributed by atoms with Crippen LogP contribution in [-0.2, 0) is 4.79 Å². The number of halogens is 1. The van der Waals surface area contributed by atoms with Crippen LogP contribution in [-0.4, -0.2) is 17.7 Å². The number of hydrogen-bond acceptors (Lipinski definition) is 3. The van der Waals surface area contributed by atoms with Gasteiger partial charge in [-0.3, -0.25) is 9.59 Å². The first-order chi connectivity index (χ1) is 7.00. The summed E-state index contributed by atoms with van der Waals surface area (Å²) in [5.41, 5.74) is 10.5. The Hall–Kier alpha value is -1.75. The molecule has 0 fully saturated rings. The van der Waals surface area contributed by atoms with E-state index in [1.54, 1.807) is 0 Å². The van der Waals surface area contributed by atoms with Crippen molar-refractivity contribution in [2.45, 2.75) is 12.5 Å². The Morgan fingerprint density at radius 1 is 1.27 bits per heavy atom. The van der Waals surface area contributed by atoms with Crippen LogP contribution in [0.1, 0.15) is 16.8 Å². The number of carbonyl (C=O) groups excluding carboxylic acids is 2. The van der Waals surface area contributed by atoms with Crippen LogP contribution >= 0.6 is 0 Å². The van der Waals surface area contributed by atoms with Gasteiger partial charge in [-0.05, 0) is 24.3 Å². The maximum Gasteiger partial charge on any atom is 0.234 e. The minimum atomic E-state index is -0.998. The van der Waals surface area contributed by atoms with Crippen molar-refractivity contribution in [1.82, 2.24) is 0 Å². The molecule has 0 saturated carbocycles. The van der Waals surface area contributed by atoms with E-state index in [1.807, 2.05) is 0 Å². The lowest BCUT2D eigenvalue weighted by Crippen LogP contribution is -2.38. The monoisotopic (exact) mass is 210 g/mol. The molecule has 1 aromatic rings. The minimum Gasteiger partial charge on any atom is -0.368 e. The number of ketones is 1. The van der Waals surface area contributed by atoms with Crippen LogP contribution in [0, 0.1) is 5.82 Å². The first-order valence-corrected chi connectivity index (χ1v) is 4.34. The Bertz CT molecular complexity index is 376. The molecule has 0 spiro atoms. The number of amides is 1. The van der Waals surface area contributed by atoms with Crippen molar-refractivity contribution in [2.24, 2.45) is 11.5 Å². The van der Waals surface area contributed by atoms with Crippen LogP contribution in [0.4, 0.5) is 4.39 Å². The van der Waals surface area contributed by atoms with E-state index in [4.69, 9.17) is 11.5 Å². The molecule has 0 aliphatic rings. The highest BCUT2D eigenvalue weighted by Crippen LogP contribution is 2.06. The van der Waals surface area contributed by atoms with Crippen molar-refractivity contribution in [2.75, 3.05) is 0 Å². The highest BCUT2D eigenvalue weighted by Gasteiger charge is 2.15. The quantitative estimate of drug-likeness (QED) is 0.696. The van der Waals surface area contributed by atoms with E-state index in [9.17, 15) is 14.0 Å². The van der Waals surface area contributed by atoms with E-state index < -0.39 is 17.8 Å². The van der Waals surface area contributed by atoms with Crippen molar-refractivity contribution in [3.05, 3.63) is 35.6 Å². The maximum absolute atomic E-state index is 12.5. The van der Waals surface area contributed by atoms with Gasteiger partial charge in [-0.15, -0.1) is 0 Å². The topological polar surface area (TPSA) is 86.2 Å². The Morgan fingerprint density at radius 2 is 1.80 bits per heavy atom. The van der Waals surface area contributed by atoms with Crippen LogP contribution in [0.3, 0.4) is 0 Å². The summed E-state index contributed by atoms with van der Waals surface area (Å²) in [6, 6.07) is 4.02. The fraction of sp³-hybridized carbons (Fsp3) is 0.200. The number of benzene rings is 1. The van der Waals surface area contributed by atoms with Gasteiger partial charge in [0.15, 0.2) is 5.78 Å². The molecular formula is C10H11FN2O2. The summed E-state index contributed by atoms with van der Waals surface area (Å²) in [5.74, 6) is -1.49. The summed E-state index contributed by atoms with van der Waals surface area (Å²) in [5, 5.41) is 0. The molecular weight excluding hydrogens is 199 g/mol. The first kappa shape index (κ1) is 11.3. The molecule has 0 aliphatic carbocycles. The fourth-order valence-corrected chi connectivity index (χ4v) is 1.05. The third-order valence-corrected chi connectivity index (χ3v) is 1.94. The Morgan fingerprint density at radius 3 is 2.27 bits per heavy atom. The Balaban J connectivity index is 2.69. The number of carbonyl (C=O) groups is 2. The zero-order valence-corrected chi connectivity index (χ0v) is 7.94. The van der Waals surface area contributed by atoms with Gasteiger partial charge in [-0.1, -0.05) is 0 Å². The summed E-state index contributed by atoms with van der Waals surface area (Å²) >= 11 is 0. The van der Waals surface area contributed by atoms with E-state index in [1.165, 1.54) is 24.3 Å². The lowest BCUT2D eigenvalue weighted by molar-refractivity contribution is -0.119. The molecule has 0 aliphatic heterocycles. The molecule has 1 rings (SSSR count). The van der Waals surface area contributed by atoms with Gasteiger partial charge in [0.1, 0.15) is 5.82 Å². The van der Waals surface area contributed by atoms with Crippen molar-refractivity contribution >= 4 is 11.7 Å². The average molecular weight is 210 g/mol. The molecule has 15 heavy (non-hydrogen) atoms. The van der Waals surface area contributed by atoms with Crippen molar-refractivity contribution in [1.29, 1.82) is 0 Å². The third kappa shape index (κ3) is 3.14. The van der Waals surface area contributed by atoms with E-state index in [2.05, 4.69) is 0 Å². The second-order valence-electron chi connectivity index (χ2n) is 3.14. The lowest BCUT2D eigenvalue weighted by atomic mass is 10.0. The molecule has 0 aromatic heterocycles. The smallest absolute Gasteiger partial charge is 0.234 e. The molecule has 1 aromatic carbocycles. The zero-order chi connectivity index (χ0) is 11.4. The minimum absolute atomic E-state index is 0.166. The molecule has 0 saturated heterocycles. The summed E-state index contributed by atoms with van der Waals surface area (Å²) in [7, 11) is 0. The van der Waals surface area contributed by atoms with Crippen molar-refractivity contribution in [3.8, 4) is 0 Å². The molecule has 4 N–H and O–H groups in total. The zero-order valence-electron chi connectivity index (χ0n) is 7.94. The van der Waals surface area contributed by atoms with Gasteiger partial charge in [0.25, 0.3) is 0 Å². The summed E-state index contributed by atoms with van der Waals surface area (Å²) in [6.45, 7) is 0. The number of primary amides is 1. The SMILES string of the molecule is NC(=O)C(N)CC(=O)c1ccc(F)cc1.